The summed E-state index contributed by atoms with van der Waals surface area (Å²) in [5.74, 6) is -0.522. The molecule has 0 aromatic carbocycles. The lowest BCUT2D eigenvalue weighted by atomic mass is 10.2. The molecule has 0 aliphatic carbocycles. The molecule has 0 saturated heterocycles. The number of H-pyrrole nitrogens is 1. The molecule has 0 unspecified atom stereocenters. The summed E-state index contributed by atoms with van der Waals surface area (Å²) >= 11 is 5.51. The van der Waals surface area contributed by atoms with Gasteiger partial charge in [0.15, 0.2) is 5.82 Å². The van der Waals surface area contributed by atoms with Crippen molar-refractivity contribution < 1.29 is 4.39 Å². The molecule has 0 spiro atoms. The highest BCUT2D eigenvalue weighted by Crippen LogP contribution is 2.19. The Bertz CT molecular complexity index is 414. The van der Waals surface area contributed by atoms with Crippen molar-refractivity contribution in [2.75, 3.05) is 0 Å². The summed E-state index contributed by atoms with van der Waals surface area (Å²) in [6.07, 6.45) is 4.02. The van der Waals surface area contributed by atoms with E-state index in [9.17, 15) is 4.39 Å². The van der Waals surface area contributed by atoms with Gasteiger partial charge >= 0.3 is 0 Å². The van der Waals surface area contributed by atoms with Crippen LogP contribution in [0.3, 0.4) is 0 Å². The van der Waals surface area contributed by atoms with Crippen LogP contribution in [0.15, 0.2) is 18.6 Å². The van der Waals surface area contributed by atoms with Crippen LogP contribution < -0.4 is 0 Å². The van der Waals surface area contributed by atoms with Gasteiger partial charge in [-0.15, -0.1) is 0 Å². The molecule has 6 heteroatoms. The van der Waals surface area contributed by atoms with Crippen molar-refractivity contribution >= 4 is 11.6 Å². The SMILES string of the molecule is Fc1cnc(Cl)nc1-c1cn[nH]c1. The first-order valence-electron chi connectivity index (χ1n) is 3.44. The van der Waals surface area contributed by atoms with Crippen LogP contribution in [-0.2, 0) is 0 Å². The van der Waals surface area contributed by atoms with Gasteiger partial charge in [-0.1, -0.05) is 0 Å². The normalized spacial score (nSPS) is 10.3. The number of hydrogen-bond acceptors (Lipinski definition) is 3. The molecule has 2 heterocycles. The molecule has 2 rings (SSSR count). The molecular formula is C7H4ClFN4. The van der Waals surface area contributed by atoms with Gasteiger partial charge in [0, 0.05) is 11.8 Å². The van der Waals surface area contributed by atoms with Gasteiger partial charge < -0.3 is 0 Å². The topological polar surface area (TPSA) is 54.5 Å². The first-order chi connectivity index (χ1) is 6.27. The molecule has 0 saturated carbocycles. The highest BCUT2D eigenvalue weighted by Gasteiger charge is 2.08. The van der Waals surface area contributed by atoms with Crippen LogP contribution in [0.4, 0.5) is 4.39 Å². The molecule has 0 aliphatic rings. The van der Waals surface area contributed by atoms with Gasteiger partial charge in [0.05, 0.1) is 12.4 Å². The lowest BCUT2D eigenvalue weighted by Gasteiger charge is -1.97. The lowest BCUT2D eigenvalue weighted by molar-refractivity contribution is 0.618. The largest absolute Gasteiger partial charge is 0.285 e. The summed E-state index contributed by atoms with van der Waals surface area (Å²) in [5, 5.41) is 6.24. The summed E-state index contributed by atoms with van der Waals surface area (Å²) in [6.45, 7) is 0. The van der Waals surface area contributed by atoms with Crippen LogP contribution in [0, 0.1) is 5.82 Å². The van der Waals surface area contributed by atoms with Crippen molar-refractivity contribution in [1.29, 1.82) is 0 Å². The molecule has 66 valence electrons. The first kappa shape index (κ1) is 8.12. The number of hydrogen-bond donors (Lipinski definition) is 1. The second-order valence-electron chi connectivity index (χ2n) is 2.32. The maximum absolute atomic E-state index is 13.1. The fourth-order valence-electron chi connectivity index (χ4n) is 0.928. The summed E-state index contributed by atoms with van der Waals surface area (Å²) in [6, 6.07) is 0. The second-order valence-corrected chi connectivity index (χ2v) is 2.66. The Morgan fingerprint density at radius 1 is 1.38 bits per heavy atom. The number of halogens is 2. The van der Waals surface area contributed by atoms with E-state index in [0.29, 0.717) is 5.56 Å². The van der Waals surface area contributed by atoms with Crippen LogP contribution in [0.1, 0.15) is 0 Å². The third-order valence-electron chi connectivity index (χ3n) is 1.49. The molecule has 0 atom stereocenters. The lowest BCUT2D eigenvalue weighted by Crippen LogP contribution is -1.91. The zero-order valence-corrected chi connectivity index (χ0v) is 7.09. The van der Waals surface area contributed by atoms with Gasteiger partial charge in [-0.3, -0.25) is 5.10 Å². The van der Waals surface area contributed by atoms with Crippen LogP contribution in [0.25, 0.3) is 11.3 Å². The van der Waals surface area contributed by atoms with E-state index in [2.05, 4.69) is 20.2 Å². The number of nitrogens with one attached hydrogen (secondary N) is 1. The molecule has 0 fully saturated rings. The van der Waals surface area contributed by atoms with Gasteiger partial charge in [-0.05, 0) is 11.6 Å². The van der Waals surface area contributed by atoms with Crippen molar-refractivity contribution in [3.63, 3.8) is 0 Å². The molecule has 0 aliphatic heterocycles. The Morgan fingerprint density at radius 2 is 2.23 bits per heavy atom. The van der Waals surface area contributed by atoms with Crippen LogP contribution >= 0.6 is 11.6 Å². The minimum Gasteiger partial charge on any atom is -0.285 e. The second kappa shape index (κ2) is 3.10. The van der Waals surface area contributed by atoms with Crippen LogP contribution in [-0.4, -0.2) is 20.2 Å². The average molecular weight is 199 g/mol. The van der Waals surface area contributed by atoms with Crippen LogP contribution in [0.5, 0.6) is 0 Å². The Labute approximate surface area is 77.8 Å². The molecular weight excluding hydrogens is 195 g/mol. The predicted molar refractivity (Wildman–Crippen MR) is 44.6 cm³/mol. The molecule has 2 aromatic heterocycles. The van der Waals surface area contributed by atoms with Crippen molar-refractivity contribution in [2.24, 2.45) is 0 Å². The third kappa shape index (κ3) is 1.50. The zero-order valence-electron chi connectivity index (χ0n) is 6.33. The monoisotopic (exact) mass is 198 g/mol. The third-order valence-corrected chi connectivity index (χ3v) is 1.67. The molecule has 0 radical (unpaired) electrons. The molecule has 0 amide bonds. The molecule has 4 nitrogen and oxygen atoms in total. The van der Waals surface area contributed by atoms with Crippen molar-refractivity contribution in [1.82, 2.24) is 20.2 Å². The molecule has 13 heavy (non-hydrogen) atoms. The van der Waals surface area contributed by atoms with Crippen molar-refractivity contribution in [3.05, 3.63) is 29.7 Å². The molecule has 1 N–H and O–H groups in total. The van der Waals surface area contributed by atoms with E-state index >= 15 is 0 Å². The van der Waals surface area contributed by atoms with E-state index in [1.807, 2.05) is 0 Å². The van der Waals surface area contributed by atoms with E-state index in [1.165, 1.54) is 12.4 Å². The summed E-state index contributed by atoms with van der Waals surface area (Å²) in [4.78, 5) is 7.23. The maximum atomic E-state index is 13.1. The molecule has 2 aromatic rings. The van der Waals surface area contributed by atoms with Crippen molar-refractivity contribution in [2.45, 2.75) is 0 Å². The van der Waals surface area contributed by atoms with Gasteiger partial charge in [-0.25, -0.2) is 14.4 Å². The first-order valence-corrected chi connectivity index (χ1v) is 3.82. The van der Waals surface area contributed by atoms with E-state index in [-0.39, 0.29) is 11.0 Å². The molecule has 0 bridgehead atoms. The standard InChI is InChI=1S/C7H4ClFN4/c8-7-10-3-5(9)6(13-7)4-1-11-12-2-4/h1-3H,(H,11,12). The highest BCUT2D eigenvalue weighted by molar-refractivity contribution is 6.28. The quantitative estimate of drug-likeness (QED) is 0.709. The summed E-state index contributed by atoms with van der Waals surface area (Å²) in [5.41, 5.74) is 0.690. The highest BCUT2D eigenvalue weighted by atomic mass is 35.5. The van der Waals surface area contributed by atoms with E-state index in [4.69, 9.17) is 11.6 Å². The fourth-order valence-corrected chi connectivity index (χ4v) is 1.06. The number of aromatic amines is 1. The maximum Gasteiger partial charge on any atom is 0.223 e. The van der Waals surface area contributed by atoms with Gasteiger partial charge in [0.2, 0.25) is 5.28 Å². The average Bonchev–Trinajstić information content (AvgIpc) is 2.61. The minimum atomic E-state index is -0.522. The van der Waals surface area contributed by atoms with E-state index in [0.717, 1.165) is 6.20 Å². The predicted octanol–water partition coefficient (Wildman–Crippen LogP) is 1.66. The minimum absolute atomic E-state index is 0.0117. The van der Waals surface area contributed by atoms with E-state index < -0.39 is 5.82 Å². The van der Waals surface area contributed by atoms with E-state index in [1.54, 1.807) is 0 Å². The van der Waals surface area contributed by atoms with Gasteiger partial charge in [0.25, 0.3) is 0 Å². The van der Waals surface area contributed by atoms with Crippen molar-refractivity contribution in [3.8, 4) is 11.3 Å². The Hall–Kier alpha value is -1.49. The zero-order chi connectivity index (χ0) is 9.26. The number of aromatic nitrogens is 4. The summed E-state index contributed by atoms with van der Waals surface area (Å²) in [7, 11) is 0. The number of rotatable bonds is 1. The van der Waals surface area contributed by atoms with Gasteiger partial charge in [0.1, 0.15) is 5.69 Å². The Kier molecular flexibility index (Phi) is 1.94. The Balaban J connectivity index is 2.57. The fraction of sp³-hybridized carbons (Fsp3) is 0. The summed E-state index contributed by atoms with van der Waals surface area (Å²) < 4.78 is 13.1. The van der Waals surface area contributed by atoms with Gasteiger partial charge in [-0.2, -0.15) is 5.10 Å². The van der Waals surface area contributed by atoms with Crippen LogP contribution in [0.2, 0.25) is 5.28 Å². The smallest absolute Gasteiger partial charge is 0.223 e. The number of nitrogens with zero attached hydrogens (tertiary/aromatic N) is 3. The Morgan fingerprint density at radius 3 is 2.92 bits per heavy atom.